The molecule has 0 unspecified atom stereocenters. The van der Waals surface area contributed by atoms with Crippen LogP contribution in [0.15, 0.2) is 5.38 Å². The first-order valence-corrected chi connectivity index (χ1v) is 9.34. The number of nitrogens with zero attached hydrogens (tertiary/aromatic N) is 2. The molecule has 0 N–H and O–H groups in total. The van der Waals surface area contributed by atoms with Gasteiger partial charge in [0.15, 0.2) is 10.8 Å². The van der Waals surface area contributed by atoms with Gasteiger partial charge in [-0.2, -0.15) is 8.42 Å². The topological polar surface area (TPSA) is 85.8 Å². The van der Waals surface area contributed by atoms with Crippen molar-refractivity contribution in [3.63, 3.8) is 0 Å². The lowest BCUT2D eigenvalue weighted by Crippen LogP contribution is -2.37. The Kier molecular flexibility index (Phi) is 5.17. The molecule has 0 radical (unpaired) electrons. The first-order valence-electron chi connectivity index (χ1n) is 6.65. The third kappa shape index (κ3) is 4.65. The van der Waals surface area contributed by atoms with Gasteiger partial charge in [0.1, 0.15) is 0 Å². The molecule has 0 aromatic carbocycles. The van der Waals surface area contributed by atoms with Gasteiger partial charge in [0.25, 0.3) is 10.1 Å². The molecule has 0 amide bonds. The number of piperidine rings is 1. The molecule has 0 bridgehead atoms. The Morgan fingerprint density at radius 2 is 2.14 bits per heavy atom. The molecule has 1 aromatic rings. The molecule has 21 heavy (non-hydrogen) atoms. The van der Waals surface area contributed by atoms with Gasteiger partial charge in [-0.25, -0.2) is 9.78 Å². The van der Waals surface area contributed by atoms with Crippen LogP contribution in [0.1, 0.15) is 30.3 Å². The van der Waals surface area contributed by atoms with E-state index in [9.17, 15) is 13.2 Å². The SMILES string of the molecule is CCOC(=O)c1csc(N2CCC(OS(C)(=O)=O)CC2)n1. The fourth-order valence-corrected chi connectivity index (χ4v) is 3.63. The number of anilines is 1. The standard InChI is InChI=1S/C12H18N2O5S2/c1-3-18-11(15)10-8-20-12(13-10)14-6-4-9(5-7-14)19-21(2,16)17/h8-9H,3-7H2,1-2H3. The van der Waals surface area contributed by atoms with Gasteiger partial charge < -0.3 is 9.64 Å². The molecular weight excluding hydrogens is 316 g/mol. The Morgan fingerprint density at radius 3 is 2.71 bits per heavy atom. The van der Waals surface area contributed by atoms with E-state index < -0.39 is 16.1 Å². The normalized spacial score (nSPS) is 17.0. The smallest absolute Gasteiger partial charge is 0.357 e. The number of carbonyl (C=O) groups excluding carboxylic acids is 1. The van der Waals surface area contributed by atoms with E-state index in [1.165, 1.54) is 11.3 Å². The van der Waals surface area contributed by atoms with E-state index in [1.54, 1.807) is 12.3 Å². The Morgan fingerprint density at radius 1 is 1.48 bits per heavy atom. The number of aromatic nitrogens is 1. The number of ether oxygens (including phenoxy) is 1. The molecule has 2 heterocycles. The highest BCUT2D eigenvalue weighted by atomic mass is 32.2. The summed E-state index contributed by atoms with van der Waals surface area (Å²) in [6.07, 6.45) is 2.01. The number of carbonyl (C=O) groups is 1. The second-order valence-electron chi connectivity index (χ2n) is 4.72. The lowest BCUT2D eigenvalue weighted by atomic mass is 10.1. The summed E-state index contributed by atoms with van der Waals surface area (Å²) in [5, 5.41) is 2.42. The second-order valence-corrected chi connectivity index (χ2v) is 7.16. The van der Waals surface area contributed by atoms with E-state index in [1.807, 2.05) is 4.90 Å². The predicted octanol–water partition coefficient (Wildman–Crippen LogP) is 1.26. The fraction of sp³-hybridized carbons (Fsp3) is 0.667. The van der Waals surface area contributed by atoms with Crippen LogP contribution in [0.2, 0.25) is 0 Å². The molecular formula is C12H18N2O5S2. The summed E-state index contributed by atoms with van der Waals surface area (Å²) in [6.45, 7) is 3.36. The van der Waals surface area contributed by atoms with Crippen molar-refractivity contribution >= 4 is 32.6 Å². The molecule has 1 saturated heterocycles. The molecule has 7 nitrogen and oxygen atoms in total. The minimum Gasteiger partial charge on any atom is -0.461 e. The Hall–Kier alpha value is -1.19. The molecule has 1 aliphatic heterocycles. The maximum atomic E-state index is 11.6. The Balaban J connectivity index is 1.92. The maximum absolute atomic E-state index is 11.6. The van der Waals surface area contributed by atoms with E-state index in [2.05, 4.69) is 4.98 Å². The molecule has 2 rings (SSSR count). The molecule has 1 fully saturated rings. The number of esters is 1. The Bertz CT molecular complexity index is 591. The van der Waals surface area contributed by atoms with Gasteiger partial charge in [-0.05, 0) is 19.8 Å². The monoisotopic (exact) mass is 334 g/mol. The van der Waals surface area contributed by atoms with Crippen LogP contribution < -0.4 is 4.90 Å². The van der Waals surface area contributed by atoms with Gasteiger partial charge in [-0.15, -0.1) is 11.3 Å². The van der Waals surface area contributed by atoms with E-state index in [0.29, 0.717) is 38.2 Å². The summed E-state index contributed by atoms with van der Waals surface area (Å²) < 4.78 is 32.1. The zero-order chi connectivity index (χ0) is 15.5. The van der Waals surface area contributed by atoms with Crippen LogP contribution in [0.25, 0.3) is 0 Å². The van der Waals surface area contributed by atoms with Crippen molar-refractivity contribution in [2.45, 2.75) is 25.9 Å². The van der Waals surface area contributed by atoms with E-state index in [4.69, 9.17) is 8.92 Å². The van der Waals surface area contributed by atoms with Crippen LogP contribution >= 0.6 is 11.3 Å². The summed E-state index contributed by atoms with van der Waals surface area (Å²) in [6, 6.07) is 0. The van der Waals surface area contributed by atoms with Crippen molar-refractivity contribution in [1.29, 1.82) is 0 Å². The molecule has 0 atom stereocenters. The molecule has 1 aliphatic rings. The van der Waals surface area contributed by atoms with Crippen LogP contribution in [0, 0.1) is 0 Å². The molecule has 9 heteroatoms. The van der Waals surface area contributed by atoms with Crippen molar-refractivity contribution in [3.8, 4) is 0 Å². The molecule has 0 saturated carbocycles. The summed E-state index contributed by atoms with van der Waals surface area (Å²) in [7, 11) is -3.41. The van der Waals surface area contributed by atoms with Crippen LogP contribution in [-0.2, 0) is 19.0 Å². The van der Waals surface area contributed by atoms with E-state index in [-0.39, 0.29) is 6.10 Å². The predicted molar refractivity (Wildman–Crippen MR) is 79.2 cm³/mol. The maximum Gasteiger partial charge on any atom is 0.357 e. The van der Waals surface area contributed by atoms with Gasteiger partial charge in [0.2, 0.25) is 0 Å². The summed E-state index contributed by atoms with van der Waals surface area (Å²) in [5.41, 5.74) is 0.311. The first-order chi connectivity index (χ1) is 9.89. The number of hydrogen-bond donors (Lipinski definition) is 0. The highest BCUT2D eigenvalue weighted by Crippen LogP contribution is 2.25. The number of hydrogen-bond acceptors (Lipinski definition) is 8. The largest absolute Gasteiger partial charge is 0.461 e. The number of rotatable bonds is 5. The van der Waals surface area contributed by atoms with Gasteiger partial charge in [0.05, 0.1) is 19.0 Å². The molecule has 118 valence electrons. The lowest BCUT2D eigenvalue weighted by molar-refractivity contribution is 0.0520. The van der Waals surface area contributed by atoms with E-state index >= 15 is 0 Å². The zero-order valence-corrected chi connectivity index (χ0v) is 13.6. The van der Waals surface area contributed by atoms with Crippen LogP contribution in [0.4, 0.5) is 5.13 Å². The Labute approximate surface area is 128 Å². The average molecular weight is 334 g/mol. The first kappa shape index (κ1) is 16.2. The van der Waals surface area contributed by atoms with Crippen LogP contribution in [-0.4, -0.2) is 51.4 Å². The quantitative estimate of drug-likeness (QED) is 0.592. The second kappa shape index (κ2) is 6.71. The van der Waals surface area contributed by atoms with Crippen molar-refractivity contribution < 1.29 is 22.1 Å². The fourth-order valence-electron chi connectivity index (χ4n) is 2.10. The van der Waals surface area contributed by atoms with Gasteiger partial charge >= 0.3 is 5.97 Å². The van der Waals surface area contributed by atoms with Crippen LogP contribution in [0.3, 0.4) is 0 Å². The minimum absolute atomic E-state index is 0.277. The van der Waals surface area contributed by atoms with Crippen molar-refractivity contribution in [2.24, 2.45) is 0 Å². The van der Waals surface area contributed by atoms with E-state index in [0.717, 1.165) is 11.4 Å². The highest BCUT2D eigenvalue weighted by Gasteiger charge is 2.25. The summed E-state index contributed by atoms with van der Waals surface area (Å²) in [4.78, 5) is 17.9. The lowest BCUT2D eigenvalue weighted by Gasteiger charge is -2.30. The van der Waals surface area contributed by atoms with Crippen molar-refractivity contribution in [1.82, 2.24) is 4.98 Å². The summed E-state index contributed by atoms with van der Waals surface area (Å²) >= 11 is 1.38. The van der Waals surface area contributed by atoms with Gasteiger partial charge in [-0.1, -0.05) is 0 Å². The molecule has 0 aliphatic carbocycles. The van der Waals surface area contributed by atoms with Crippen molar-refractivity contribution in [3.05, 3.63) is 11.1 Å². The third-order valence-electron chi connectivity index (χ3n) is 3.00. The molecule has 0 spiro atoms. The third-order valence-corrected chi connectivity index (χ3v) is 4.52. The van der Waals surface area contributed by atoms with Crippen LogP contribution in [0.5, 0.6) is 0 Å². The van der Waals surface area contributed by atoms with Gasteiger partial charge in [0, 0.05) is 18.5 Å². The highest BCUT2D eigenvalue weighted by molar-refractivity contribution is 7.86. The molecule has 1 aromatic heterocycles. The van der Waals surface area contributed by atoms with Crippen molar-refractivity contribution in [2.75, 3.05) is 30.9 Å². The minimum atomic E-state index is -3.41. The summed E-state index contributed by atoms with van der Waals surface area (Å²) in [5.74, 6) is -0.421. The van der Waals surface area contributed by atoms with Gasteiger partial charge in [-0.3, -0.25) is 4.18 Å². The average Bonchev–Trinajstić information content (AvgIpc) is 2.87. The number of thiazole rings is 1. The zero-order valence-electron chi connectivity index (χ0n) is 11.9.